The number of anilines is 1. The number of nitrogens with one attached hydrogen (secondary N) is 1. The first-order valence-electron chi connectivity index (χ1n) is 26.2. The molecule has 0 radical (unpaired) electrons. The van der Waals surface area contributed by atoms with E-state index < -0.39 is 0 Å². The Morgan fingerprint density at radius 3 is 1.86 bits per heavy atom. The van der Waals surface area contributed by atoms with E-state index in [1.54, 1.807) is 43.4 Å². The number of unbranched alkanes of at least 4 members (excludes halogenated alkanes) is 3. The molecule has 4 aliphatic carbocycles. The molecule has 3 aromatic rings. The third-order valence-corrected chi connectivity index (χ3v) is 16.7. The molecule has 1 N–H and O–H groups in total. The smallest absolute Gasteiger partial charge is 0.314 e. The van der Waals surface area contributed by atoms with Gasteiger partial charge in [-0.2, -0.15) is 0 Å². The Balaban J connectivity index is 0.960. The lowest BCUT2D eigenvalue weighted by Crippen LogP contribution is -2.38. The minimum absolute atomic E-state index is 0.0524. The first-order chi connectivity index (χ1) is 33.3. The Labute approximate surface area is 412 Å². The van der Waals surface area contributed by atoms with E-state index in [2.05, 4.69) is 23.4 Å². The highest BCUT2D eigenvalue weighted by molar-refractivity contribution is 7.22. The van der Waals surface area contributed by atoms with Gasteiger partial charge in [0.25, 0.3) is 0 Å². The number of rotatable bonds is 21. The average molecular weight is 970 g/mol. The second-order valence-corrected chi connectivity index (χ2v) is 21.6. The molecule has 1 atom stereocenters. The summed E-state index contributed by atoms with van der Waals surface area (Å²) in [5, 5.41) is 2.92. The molecule has 14 heteroatoms. The van der Waals surface area contributed by atoms with Gasteiger partial charge in [0.2, 0.25) is 5.13 Å². The van der Waals surface area contributed by atoms with E-state index in [1.165, 1.54) is 0 Å². The zero-order valence-corrected chi connectivity index (χ0v) is 42.2. The van der Waals surface area contributed by atoms with Gasteiger partial charge in [0.05, 0.1) is 40.5 Å². The number of carbonyl (C=O) groups excluding carboxylic acids is 6. The van der Waals surface area contributed by atoms with Crippen molar-refractivity contribution in [1.82, 2.24) is 10.4 Å². The van der Waals surface area contributed by atoms with Crippen molar-refractivity contribution in [2.75, 3.05) is 18.2 Å². The lowest BCUT2D eigenvalue weighted by molar-refractivity contribution is -0.159. The molecule has 1 aromatic heterocycles. The molecule has 69 heavy (non-hydrogen) atoms. The number of hydrazine groups is 1. The Morgan fingerprint density at radius 1 is 0.667 bits per heavy atom. The SMILES string of the molecule is CCCCCCN(NCc1cc(OC(=O)C2CCC(C(C)OC(=O)C3CCC(C(C)=O)CC3)CC2)ccc1OC(=O)C1CCC(COC(=O)C2CCC(C(C)=O)CC2)CC1)c1nc2ccccc2s1. The molecule has 1 unspecified atom stereocenters. The van der Waals surface area contributed by atoms with Crippen molar-refractivity contribution in [1.29, 1.82) is 0 Å². The highest BCUT2D eigenvalue weighted by Gasteiger charge is 2.36. The van der Waals surface area contributed by atoms with Gasteiger partial charge in [-0.25, -0.2) is 10.4 Å². The fourth-order valence-electron chi connectivity index (χ4n) is 10.9. The largest absolute Gasteiger partial charge is 0.465 e. The number of esters is 4. The molecule has 0 bridgehead atoms. The van der Waals surface area contributed by atoms with Crippen molar-refractivity contribution in [3.8, 4) is 11.5 Å². The standard InChI is InChI=1S/C55H75N3O10S/c1-5-6-7-10-31-58(55-57-48-11-8-9-12-50(48)69-55)56-33-46-32-47(67-53(63)45-27-21-41(22-28-45)37(4)66-52(62)44-25-19-40(20-26-44)36(3)60)29-30-49(46)68-54(64)43-15-13-38(14-16-43)34-65-51(61)42-23-17-39(18-24-42)35(2)59/h8-9,11-12,29-30,32,37-45,56H,5-7,10,13-28,31,33-34H2,1-4H3. The Kier molecular flexibility index (Phi) is 19.2. The number of Topliss-reactive ketones (excluding diaryl/α,β-unsaturated/α-hetero) is 2. The molecular weight excluding hydrogens is 895 g/mol. The van der Waals surface area contributed by atoms with Crippen LogP contribution in [0, 0.1) is 47.3 Å². The van der Waals surface area contributed by atoms with Crippen LogP contribution in [0.2, 0.25) is 0 Å². The Bertz CT molecular complexity index is 2180. The van der Waals surface area contributed by atoms with Gasteiger partial charge < -0.3 is 18.9 Å². The molecule has 13 nitrogen and oxygen atoms in total. The zero-order chi connectivity index (χ0) is 48.9. The lowest BCUT2D eigenvalue weighted by Gasteiger charge is -2.32. The van der Waals surface area contributed by atoms with Gasteiger partial charge >= 0.3 is 23.9 Å². The predicted molar refractivity (Wildman–Crippen MR) is 265 cm³/mol. The summed E-state index contributed by atoms with van der Waals surface area (Å²) in [6.45, 7) is 8.75. The first-order valence-corrected chi connectivity index (χ1v) is 27.0. The third-order valence-electron chi connectivity index (χ3n) is 15.7. The van der Waals surface area contributed by atoms with Crippen molar-refractivity contribution < 1.29 is 47.7 Å². The minimum Gasteiger partial charge on any atom is -0.465 e. The zero-order valence-electron chi connectivity index (χ0n) is 41.4. The van der Waals surface area contributed by atoms with Crippen LogP contribution in [0.1, 0.15) is 162 Å². The maximum absolute atomic E-state index is 13.9. The molecule has 2 aromatic carbocycles. The van der Waals surface area contributed by atoms with Crippen molar-refractivity contribution >= 4 is 62.1 Å². The Hall–Kier alpha value is -4.69. The fourth-order valence-corrected chi connectivity index (χ4v) is 11.9. The second kappa shape index (κ2) is 25.4. The van der Waals surface area contributed by atoms with E-state index in [-0.39, 0.29) is 95.4 Å². The number of para-hydroxylation sites is 1. The monoisotopic (exact) mass is 970 g/mol. The van der Waals surface area contributed by atoms with E-state index >= 15 is 0 Å². The number of nitrogens with zero attached hydrogens (tertiary/aromatic N) is 2. The van der Waals surface area contributed by atoms with E-state index in [0.29, 0.717) is 75.0 Å². The molecule has 4 aliphatic rings. The summed E-state index contributed by atoms with van der Waals surface area (Å²) >= 11 is 1.61. The van der Waals surface area contributed by atoms with Crippen LogP contribution < -0.4 is 19.9 Å². The fraction of sp³-hybridized carbons (Fsp3) is 0.655. The number of benzene rings is 2. The molecule has 0 saturated heterocycles. The topological polar surface area (TPSA) is 168 Å². The number of thiazole rings is 1. The van der Waals surface area contributed by atoms with Crippen molar-refractivity contribution in [3.05, 3.63) is 48.0 Å². The van der Waals surface area contributed by atoms with Gasteiger partial charge in [0.1, 0.15) is 29.2 Å². The average Bonchev–Trinajstić information content (AvgIpc) is 3.80. The van der Waals surface area contributed by atoms with Gasteiger partial charge in [-0.3, -0.25) is 33.8 Å². The lowest BCUT2D eigenvalue weighted by atomic mass is 9.79. The summed E-state index contributed by atoms with van der Waals surface area (Å²) in [6, 6.07) is 13.3. The van der Waals surface area contributed by atoms with E-state index in [4.69, 9.17) is 23.9 Å². The minimum atomic E-state index is -0.307. The van der Waals surface area contributed by atoms with Crippen molar-refractivity contribution in [2.24, 2.45) is 47.3 Å². The van der Waals surface area contributed by atoms with Crippen molar-refractivity contribution in [2.45, 2.75) is 169 Å². The van der Waals surface area contributed by atoms with Gasteiger partial charge in [0.15, 0.2) is 0 Å². The molecule has 7 rings (SSSR count). The maximum atomic E-state index is 13.9. The normalized spacial score (nSPS) is 25.5. The first kappa shape index (κ1) is 52.1. The summed E-state index contributed by atoms with van der Waals surface area (Å²) in [5.41, 5.74) is 5.18. The Morgan fingerprint density at radius 2 is 1.23 bits per heavy atom. The van der Waals surface area contributed by atoms with Crippen LogP contribution in [0.25, 0.3) is 10.2 Å². The van der Waals surface area contributed by atoms with Crippen LogP contribution in [0.3, 0.4) is 0 Å². The summed E-state index contributed by atoms with van der Waals surface area (Å²) in [4.78, 5) is 82.0. The molecule has 4 saturated carbocycles. The van der Waals surface area contributed by atoms with E-state index in [9.17, 15) is 28.8 Å². The molecule has 1 heterocycles. The molecule has 0 spiro atoms. The van der Waals surface area contributed by atoms with Crippen LogP contribution in [-0.4, -0.2) is 59.7 Å². The summed E-state index contributed by atoms with van der Waals surface area (Å²) in [5.74, 6) is -0.259. The molecule has 4 fully saturated rings. The van der Waals surface area contributed by atoms with Gasteiger partial charge in [-0.1, -0.05) is 49.7 Å². The van der Waals surface area contributed by atoms with Gasteiger partial charge in [-0.05, 0) is 172 Å². The van der Waals surface area contributed by atoms with Gasteiger partial charge in [-0.15, -0.1) is 0 Å². The van der Waals surface area contributed by atoms with E-state index in [0.717, 1.165) is 98.9 Å². The van der Waals surface area contributed by atoms with Crippen LogP contribution in [0.4, 0.5) is 5.13 Å². The number of aromatic nitrogens is 1. The number of ketones is 2. The predicted octanol–water partition coefficient (Wildman–Crippen LogP) is 11.1. The highest BCUT2D eigenvalue weighted by atomic mass is 32.1. The van der Waals surface area contributed by atoms with Crippen LogP contribution >= 0.6 is 11.3 Å². The number of hydrogen-bond donors (Lipinski definition) is 1. The number of ether oxygens (including phenoxy) is 4. The van der Waals surface area contributed by atoms with E-state index in [1.807, 2.05) is 25.1 Å². The molecule has 376 valence electrons. The molecule has 0 amide bonds. The van der Waals surface area contributed by atoms with Crippen LogP contribution in [0.5, 0.6) is 11.5 Å². The third kappa shape index (κ3) is 14.7. The highest BCUT2D eigenvalue weighted by Crippen LogP contribution is 2.38. The number of carbonyl (C=O) groups is 6. The molecule has 0 aliphatic heterocycles. The number of hydrogen-bond acceptors (Lipinski definition) is 14. The van der Waals surface area contributed by atoms with Gasteiger partial charge in [0, 0.05) is 30.5 Å². The maximum Gasteiger partial charge on any atom is 0.314 e. The second-order valence-electron chi connectivity index (χ2n) is 20.5. The molecular formula is C55H75N3O10S. The van der Waals surface area contributed by atoms with Crippen LogP contribution in [-0.2, 0) is 44.8 Å². The summed E-state index contributed by atoms with van der Waals surface area (Å²) < 4.78 is 25.1. The van der Waals surface area contributed by atoms with Crippen LogP contribution in [0.15, 0.2) is 42.5 Å². The summed E-state index contributed by atoms with van der Waals surface area (Å²) in [7, 11) is 0. The quantitative estimate of drug-likeness (QED) is 0.0464. The summed E-state index contributed by atoms with van der Waals surface area (Å²) in [6.07, 6.45) is 15.3. The number of fused-ring (bicyclic) bond motifs is 1. The van der Waals surface area contributed by atoms with Crippen molar-refractivity contribution in [3.63, 3.8) is 0 Å².